The number of rotatable bonds is 11. The van der Waals surface area contributed by atoms with Crippen LogP contribution in [0.25, 0.3) is 0 Å². The number of hydrogen-bond donors (Lipinski definition) is 1. The van der Waals surface area contributed by atoms with Crippen LogP contribution in [0.4, 0.5) is 0 Å². The number of aliphatic hydroxyl groups is 1. The largest absolute Gasteiger partial charge is 0.493 e. The third kappa shape index (κ3) is 7.37. The standard InChI is InChI=1S/C27H34ClN3O4/c1-21-17-29-31(18-21)11-4-14-34-26-15-22(7-8-25(26)33-2)19-30-12-9-27(32,10-13-30)20-35-24-6-3-5-23(28)16-24/h3,5-8,15-18,32H,4,9-14,19-20H2,1-2H3. The maximum absolute atomic E-state index is 11.0. The summed E-state index contributed by atoms with van der Waals surface area (Å²) in [5.74, 6) is 2.17. The number of ether oxygens (including phenoxy) is 3. The summed E-state index contributed by atoms with van der Waals surface area (Å²) in [5, 5.41) is 15.9. The van der Waals surface area contributed by atoms with Gasteiger partial charge in [-0.05, 0) is 61.2 Å². The van der Waals surface area contributed by atoms with Crippen molar-refractivity contribution < 1.29 is 19.3 Å². The van der Waals surface area contributed by atoms with Gasteiger partial charge in [0.05, 0.1) is 19.9 Å². The smallest absolute Gasteiger partial charge is 0.161 e. The van der Waals surface area contributed by atoms with Gasteiger partial charge in [0, 0.05) is 43.8 Å². The molecule has 1 aliphatic heterocycles. The molecule has 0 amide bonds. The minimum atomic E-state index is -0.833. The van der Waals surface area contributed by atoms with Crippen LogP contribution >= 0.6 is 11.6 Å². The van der Waals surface area contributed by atoms with E-state index in [0.29, 0.717) is 30.2 Å². The molecule has 4 rings (SSSR count). The first kappa shape index (κ1) is 25.4. The van der Waals surface area contributed by atoms with E-state index in [0.717, 1.165) is 55.2 Å². The average Bonchev–Trinajstić information content (AvgIpc) is 3.27. The normalized spacial score (nSPS) is 15.7. The van der Waals surface area contributed by atoms with Crippen molar-refractivity contribution in [2.45, 2.75) is 44.9 Å². The minimum absolute atomic E-state index is 0.264. The van der Waals surface area contributed by atoms with Crippen LogP contribution in [0.1, 0.15) is 30.4 Å². The van der Waals surface area contributed by atoms with Gasteiger partial charge in [0.2, 0.25) is 0 Å². The SMILES string of the molecule is COc1ccc(CN2CCC(O)(COc3cccc(Cl)c3)CC2)cc1OCCCn1cc(C)cn1. The minimum Gasteiger partial charge on any atom is -0.493 e. The predicted molar refractivity (Wildman–Crippen MR) is 136 cm³/mol. The second-order valence-corrected chi connectivity index (χ2v) is 9.65. The van der Waals surface area contributed by atoms with E-state index in [1.165, 1.54) is 0 Å². The summed E-state index contributed by atoms with van der Waals surface area (Å²) in [6.07, 6.45) is 6.06. The number of nitrogens with zero attached hydrogens (tertiary/aromatic N) is 3. The molecule has 7 nitrogen and oxygen atoms in total. The van der Waals surface area contributed by atoms with E-state index in [4.69, 9.17) is 25.8 Å². The molecule has 1 N–H and O–H groups in total. The summed E-state index contributed by atoms with van der Waals surface area (Å²) < 4.78 is 19.3. The Morgan fingerprint density at radius 1 is 1.09 bits per heavy atom. The van der Waals surface area contributed by atoms with Crippen LogP contribution < -0.4 is 14.2 Å². The van der Waals surface area contributed by atoms with Gasteiger partial charge in [-0.3, -0.25) is 9.58 Å². The zero-order valence-corrected chi connectivity index (χ0v) is 21.2. The van der Waals surface area contributed by atoms with Crippen LogP contribution in [0.3, 0.4) is 0 Å². The Hall–Kier alpha value is -2.74. The third-order valence-corrected chi connectivity index (χ3v) is 6.51. The summed E-state index contributed by atoms with van der Waals surface area (Å²) in [6.45, 7) is 6.07. The van der Waals surface area contributed by atoms with E-state index >= 15 is 0 Å². The van der Waals surface area contributed by atoms with E-state index in [1.54, 1.807) is 19.2 Å². The summed E-state index contributed by atoms with van der Waals surface area (Å²) in [7, 11) is 1.66. The Balaban J connectivity index is 1.25. The van der Waals surface area contributed by atoms with E-state index in [1.807, 2.05) is 42.2 Å². The van der Waals surface area contributed by atoms with Gasteiger partial charge in [0.15, 0.2) is 11.5 Å². The second-order valence-electron chi connectivity index (χ2n) is 9.21. The molecule has 8 heteroatoms. The van der Waals surface area contributed by atoms with Gasteiger partial charge in [-0.1, -0.05) is 23.7 Å². The van der Waals surface area contributed by atoms with Crippen molar-refractivity contribution in [3.8, 4) is 17.2 Å². The van der Waals surface area contributed by atoms with Crippen LogP contribution in [0.5, 0.6) is 17.2 Å². The first-order chi connectivity index (χ1) is 16.9. The van der Waals surface area contributed by atoms with E-state index in [-0.39, 0.29) is 6.61 Å². The summed E-state index contributed by atoms with van der Waals surface area (Å²) in [4.78, 5) is 2.35. The fourth-order valence-corrected chi connectivity index (χ4v) is 4.41. The Morgan fingerprint density at radius 3 is 2.63 bits per heavy atom. The van der Waals surface area contributed by atoms with Gasteiger partial charge in [-0.2, -0.15) is 5.10 Å². The lowest BCUT2D eigenvalue weighted by Gasteiger charge is -2.38. The molecule has 0 saturated carbocycles. The highest BCUT2D eigenvalue weighted by Crippen LogP contribution is 2.30. The maximum Gasteiger partial charge on any atom is 0.161 e. The molecule has 0 radical (unpaired) electrons. The molecular weight excluding hydrogens is 466 g/mol. The first-order valence-corrected chi connectivity index (χ1v) is 12.4. The number of hydrogen-bond acceptors (Lipinski definition) is 6. The van der Waals surface area contributed by atoms with Crippen LogP contribution in [0, 0.1) is 6.92 Å². The molecule has 1 aliphatic rings. The van der Waals surface area contributed by atoms with Gasteiger partial charge < -0.3 is 19.3 Å². The van der Waals surface area contributed by atoms with Crippen molar-refractivity contribution in [1.82, 2.24) is 14.7 Å². The molecule has 1 saturated heterocycles. The molecular formula is C27H34ClN3O4. The lowest BCUT2D eigenvalue weighted by atomic mass is 9.92. The molecule has 1 fully saturated rings. The molecule has 0 spiro atoms. The van der Waals surface area contributed by atoms with Crippen molar-refractivity contribution >= 4 is 11.6 Å². The molecule has 2 aromatic carbocycles. The molecule has 0 aliphatic carbocycles. The number of piperidine rings is 1. The molecule has 0 atom stereocenters. The molecule has 2 heterocycles. The van der Waals surface area contributed by atoms with Crippen molar-refractivity contribution in [3.63, 3.8) is 0 Å². The van der Waals surface area contributed by atoms with Crippen LogP contribution in [-0.4, -0.2) is 58.8 Å². The molecule has 0 unspecified atom stereocenters. The van der Waals surface area contributed by atoms with Gasteiger partial charge >= 0.3 is 0 Å². The Kier molecular flexibility index (Phi) is 8.55. The number of likely N-dealkylation sites (tertiary alicyclic amines) is 1. The van der Waals surface area contributed by atoms with Crippen molar-refractivity contribution in [2.75, 3.05) is 33.4 Å². The van der Waals surface area contributed by atoms with Crippen molar-refractivity contribution in [3.05, 3.63) is 71.0 Å². The average molecular weight is 500 g/mol. The van der Waals surface area contributed by atoms with Gasteiger partial charge in [-0.25, -0.2) is 0 Å². The summed E-state index contributed by atoms with van der Waals surface area (Å²) in [6, 6.07) is 13.4. The molecule has 3 aromatic rings. The number of aryl methyl sites for hydroxylation is 2. The van der Waals surface area contributed by atoms with Gasteiger partial charge in [-0.15, -0.1) is 0 Å². The zero-order chi connectivity index (χ0) is 24.7. The monoisotopic (exact) mass is 499 g/mol. The third-order valence-electron chi connectivity index (χ3n) is 6.28. The molecule has 35 heavy (non-hydrogen) atoms. The van der Waals surface area contributed by atoms with Crippen LogP contribution in [-0.2, 0) is 13.1 Å². The topological polar surface area (TPSA) is 69.0 Å². The fraction of sp³-hybridized carbons (Fsp3) is 0.444. The van der Waals surface area contributed by atoms with Crippen molar-refractivity contribution in [1.29, 1.82) is 0 Å². The zero-order valence-electron chi connectivity index (χ0n) is 20.5. The van der Waals surface area contributed by atoms with Crippen molar-refractivity contribution in [2.24, 2.45) is 0 Å². The Labute approximate surface area is 212 Å². The Morgan fingerprint density at radius 2 is 1.91 bits per heavy atom. The highest BCUT2D eigenvalue weighted by atomic mass is 35.5. The molecule has 1 aromatic heterocycles. The van der Waals surface area contributed by atoms with Gasteiger partial charge in [0.25, 0.3) is 0 Å². The predicted octanol–water partition coefficient (Wildman–Crippen LogP) is 4.73. The first-order valence-electron chi connectivity index (χ1n) is 12.0. The number of halogens is 1. The number of benzene rings is 2. The molecule has 188 valence electrons. The van der Waals surface area contributed by atoms with Crippen LogP contribution in [0.15, 0.2) is 54.9 Å². The lowest BCUT2D eigenvalue weighted by molar-refractivity contribution is -0.0537. The second kappa shape index (κ2) is 11.8. The highest BCUT2D eigenvalue weighted by Gasteiger charge is 2.33. The van der Waals surface area contributed by atoms with Crippen LogP contribution in [0.2, 0.25) is 5.02 Å². The maximum atomic E-state index is 11.0. The van der Waals surface area contributed by atoms with E-state index in [2.05, 4.69) is 22.1 Å². The summed E-state index contributed by atoms with van der Waals surface area (Å²) in [5.41, 5.74) is 1.48. The summed E-state index contributed by atoms with van der Waals surface area (Å²) >= 11 is 6.02. The number of methoxy groups -OCH3 is 1. The quantitative estimate of drug-likeness (QED) is 0.385. The van der Waals surface area contributed by atoms with E-state index in [9.17, 15) is 5.11 Å². The lowest BCUT2D eigenvalue weighted by Crippen LogP contribution is -2.47. The highest BCUT2D eigenvalue weighted by molar-refractivity contribution is 6.30. The number of aromatic nitrogens is 2. The Bertz CT molecular complexity index is 1100. The fourth-order valence-electron chi connectivity index (χ4n) is 4.23. The van der Waals surface area contributed by atoms with Gasteiger partial charge in [0.1, 0.15) is 18.0 Å². The van der Waals surface area contributed by atoms with E-state index < -0.39 is 5.60 Å². The molecule has 0 bridgehead atoms.